The van der Waals surface area contributed by atoms with Crippen LogP contribution in [0.15, 0.2) is 47.1 Å². The van der Waals surface area contributed by atoms with E-state index in [0.29, 0.717) is 0 Å². The highest BCUT2D eigenvalue weighted by molar-refractivity contribution is 9.10. The Morgan fingerprint density at radius 2 is 2.15 bits per heavy atom. The van der Waals surface area contributed by atoms with E-state index < -0.39 is 0 Å². The first-order valence-corrected chi connectivity index (χ1v) is 7.50. The van der Waals surface area contributed by atoms with E-state index in [4.69, 9.17) is 4.74 Å². The van der Waals surface area contributed by atoms with Crippen molar-refractivity contribution in [1.29, 1.82) is 0 Å². The number of ether oxygens (including phenoxy) is 1. The molecule has 0 radical (unpaired) electrons. The molecule has 0 spiro atoms. The number of aromatic nitrogens is 1. The Hall–Kier alpha value is -1.39. The second kappa shape index (κ2) is 7.41. The Kier molecular flexibility index (Phi) is 5.56. The molecule has 0 aliphatic rings. The summed E-state index contributed by atoms with van der Waals surface area (Å²) in [5.41, 5.74) is 2.29. The standard InChI is InChI=1S/C16H19BrN2O/c1-3-18-16(10-14-8-7-13(17)11-19-14)12-5-4-6-15(9-12)20-2/h4-9,11,16,18H,3,10H2,1-2H3. The molecule has 0 saturated carbocycles. The molecule has 0 bridgehead atoms. The van der Waals surface area contributed by atoms with Gasteiger partial charge in [-0.1, -0.05) is 19.1 Å². The molecule has 0 fully saturated rings. The fourth-order valence-corrected chi connectivity index (χ4v) is 2.38. The van der Waals surface area contributed by atoms with Gasteiger partial charge in [0.1, 0.15) is 5.75 Å². The van der Waals surface area contributed by atoms with E-state index in [1.807, 2.05) is 24.4 Å². The number of hydrogen-bond acceptors (Lipinski definition) is 3. The van der Waals surface area contributed by atoms with Crippen molar-refractivity contribution >= 4 is 15.9 Å². The number of rotatable bonds is 6. The number of pyridine rings is 1. The second-order valence-electron chi connectivity index (χ2n) is 4.56. The summed E-state index contributed by atoms with van der Waals surface area (Å²) in [7, 11) is 1.69. The highest BCUT2D eigenvalue weighted by Crippen LogP contribution is 2.22. The molecule has 1 aromatic heterocycles. The summed E-state index contributed by atoms with van der Waals surface area (Å²) < 4.78 is 6.30. The van der Waals surface area contributed by atoms with Crippen molar-refractivity contribution in [2.24, 2.45) is 0 Å². The lowest BCUT2D eigenvalue weighted by molar-refractivity contribution is 0.413. The molecular weight excluding hydrogens is 316 g/mol. The van der Waals surface area contributed by atoms with E-state index >= 15 is 0 Å². The number of nitrogens with one attached hydrogen (secondary N) is 1. The van der Waals surface area contributed by atoms with E-state index in [9.17, 15) is 0 Å². The third kappa shape index (κ3) is 4.05. The molecule has 3 nitrogen and oxygen atoms in total. The molecule has 1 aromatic carbocycles. The summed E-state index contributed by atoms with van der Waals surface area (Å²) in [6, 6.07) is 12.5. The molecule has 0 aliphatic carbocycles. The van der Waals surface area contributed by atoms with Crippen LogP contribution in [0.4, 0.5) is 0 Å². The molecule has 2 aromatic rings. The zero-order valence-corrected chi connectivity index (χ0v) is 13.4. The maximum absolute atomic E-state index is 5.30. The summed E-state index contributed by atoms with van der Waals surface area (Å²) in [6.45, 7) is 3.03. The van der Waals surface area contributed by atoms with E-state index in [1.54, 1.807) is 7.11 Å². The van der Waals surface area contributed by atoms with Crippen molar-refractivity contribution < 1.29 is 4.74 Å². The van der Waals surface area contributed by atoms with Gasteiger partial charge < -0.3 is 10.1 Å². The van der Waals surface area contributed by atoms with Gasteiger partial charge >= 0.3 is 0 Å². The number of nitrogens with zero attached hydrogens (tertiary/aromatic N) is 1. The molecule has 0 amide bonds. The normalized spacial score (nSPS) is 12.2. The highest BCUT2D eigenvalue weighted by Gasteiger charge is 2.12. The fourth-order valence-electron chi connectivity index (χ4n) is 2.15. The lowest BCUT2D eigenvalue weighted by Gasteiger charge is -2.18. The van der Waals surface area contributed by atoms with Crippen molar-refractivity contribution in [3.05, 3.63) is 58.3 Å². The largest absolute Gasteiger partial charge is 0.497 e. The maximum Gasteiger partial charge on any atom is 0.119 e. The van der Waals surface area contributed by atoms with Crippen LogP contribution in [0.1, 0.15) is 24.2 Å². The topological polar surface area (TPSA) is 34.2 Å². The van der Waals surface area contributed by atoms with Gasteiger partial charge in [-0.15, -0.1) is 0 Å². The molecule has 2 rings (SSSR count). The van der Waals surface area contributed by atoms with Crippen molar-refractivity contribution in [2.45, 2.75) is 19.4 Å². The number of methoxy groups -OCH3 is 1. The molecule has 1 N–H and O–H groups in total. The van der Waals surface area contributed by atoms with Crippen molar-refractivity contribution in [1.82, 2.24) is 10.3 Å². The minimum atomic E-state index is 0.240. The first-order valence-electron chi connectivity index (χ1n) is 6.70. The summed E-state index contributed by atoms with van der Waals surface area (Å²) in [6.07, 6.45) is 2.69. The molecule has 1 unspecified atom stereocenters. The van der Waals surface area contributed by atoms with Gasteiger partial charge in [0.25, 0.3) is 0 Å². The molecule has 0 aliphatic heterocycles. The Balaban J connectivity index is 2.19. The van der Waals surface area contributed by atoms with Gasteiger partial charge in [-0.3, -0.25) is 4.98 Å². The number of halogens is 1. The minimum absolute atomic E-state index is 0.240. The van der Waals surface area contributed by atoms with Crippen molar-refractivity contribution in [3.63, 3.8) is 0 Å². The van der Waals surface area contributed by atoms with E-state index in [1.165, 1.54) is 5.56 Å². The van der Waals surface area contributed by atoms with Crippen LogP contribution in [-0.4, -0.2) is 18.6 Å². The molecule has 1 heterocycles. The van der Waals surface area contributed by atoms with Crippen molar-refractivity contribution in [3.8, 4) is 5.75 Å². The van der Waals surface area contributed by atoms with Crippen LogP contribution in [0, 0.1) is 0 Å². The van der Waals surface area contributed by atoms with Crippen LogP contribution in [0.3, 0.4) is 0 Å². The third-order valence-electron chi connectivity index (χ3n) is 3.15. The van der Waals surface area contributed by atoms with Crippen LogP contribution < -0.4 is 10.1 Å². The zero-order valence-electron chi connectivity index (χ0n) is 11.8. The second-order valence-corrected chi connectivity index (χ2v) is 5.47. The SMILES string of the molecule is CCNC(Cc1ccc(Br)cn1)c1cccc(OC)c1. The Bertz CT molecular complexity index is 542. The third-order valence-corrected chi connectivity index (χ3v) is 3.62. The highest BCUT2D eigenvalue weighted by atomic mass is 79.9. The Morgan fingerprint density at radius 1 is 1.30 bits per heavy atom. The average molecular weight is 335 g/mol. The number of benzene rings is 1. The van der Waals surface area contributed by atoms with Crippen LogP contribution in [0.2, 0.25) is 0 Å². The first-order chi connectivity index (χ1) is 9.72. The average Bonchev–Trinajstić information content (AvgIpc) is 2.49. The summed E-state index contributed by atoms with van der Waals surface area (Å²) >= 11 is 3.41. The van der Waals surface area contributed by atoms with Gasteiger partial charge in [-0.05, 0) is 52.3 Å². The van der Waals surface area contributed by atoms with Crippen LogP contribution in [0.25, 0.3) is 0 Å². The number of likely N-dealkylation sites (N-methyl/N-ethyl adjacent to an activating group) is 1. The van der Waals surface area contributed by atoms with E-state index in [2.05, 4.69) is 51.4 Å². The predicted molar refractivity (Wildman–Crippen MR) is 85.1 cm³/mol. The molecule has 20 heavy (non-hydrogen) atoms. The van der Waals surface area contributed by atoms with Gasteiger partial charge in [-0.25, -0.2) is 0 Å². The lowest BCUT2D eigenvalue weighted by atomic mass is 10.0. The monoisotopic (exact) mass is 334 g/mol. The van der Waals surface area contributed by atoms with Crippen LogP contribution in [0.5, 0.6) is 5.75 Å². The zero-order chi connectivity index (χ0) is 14.4. The van der Waals surface area contributed by atoms with Gasteiger partial charge in [0.05, 0.1) is 7.11 Å². The van der Waals surface area contributed by atoms with Crippen LogP contribution >= 0.6 is 15.9 Å². The summed E-state index contributed by atoms with van der Waals surface area (Å²) in [5.74, 6) is 0.883. The van der Waals surface area contributed by atoms with Gasteiger partial charge in [0.15, 0.2) is 0 Å². The molecule has 0 saturated heterocycles. The van der Waals surface area contributed by atoms with Gasteiger partial charge in [0, 0.05) is 28.8 Å². The van der Waals surface area contributed by atoms with Crippen molar-refractivity contribution in [2.75, 3.05) is 13.7 Å². The summed E-state index contributed by atoms with van der Waals surface area (Å²) in [4.78, 5) is 4.45. The molecule has 106 valence electrons. The maximum atomic E-state index is 5.30. The van der Waals surface area contributed by atoms with E-state index in [0.717, 1.165) is 28.9 Å². The smallest absolute Gasteiger partial charge is 0.119 e. The molecule has 1 atom stereocenters. The van der Waals surface area contributed by atoms with Gasteiger partial charge in [-0.2, -0.15) is 0 Å². The van der Waals surface area contributed by atoms with Crippen LogP contribution in [-0.2, 0) is 6.42 Å². The lowest BCUT2D eigenvalue weighted by Crippen LogP contribution is -2.23. The molecular formula is C16H19BrN2O. The predicted octanol–water partition coefficient (Wildman–Crippen LogP) is 3.75. The van der Waals surface area contributed by atoms with E-state index in [-0.39, 0.29) is 6.04 Å². The molecule has 4 heteroatoms. The Morgan fingerprint density at radius 3 is 2.80 bits per heavy atom. The number of hydrogen-bond donors (Lipinski definition) is 1. The Labute approximate surface area is 128 Å². The summed E-state index contributed by atoms with van der Waals surface area (Å²) in [5, 5.41) is 3.51. The first kappa shape index (κ1) is 15.0. The minimum Gasteiger partial charge on any atom is -0.497 e. The fraction of sp³-hybridized carbons (Fsp3) is 0.312. The van der Waals surface area contributed by atoms with Gasteiger partial charge in [0.2, 0.25) is 0 Å². The quantitative estimate of drug-likeness (QED) is 0.873.